The molecule has 3 aromatic carbocycles. The third kappa shape index (κ3) is 4.78. The zero-order valence-electron chi connectivity index (χ0n) is 15.4. The minimum absolute atomic E-state index is 0.199. The van der Waals surface area contributed by atoms with Crippen molar-refractivity contribution in [3.8, 4) is 11.8 Å². The molecule has 0 amide bonds. The Labute approximate surface area is 173 Å². The number of benzene rings is 3. The van der Waals surface area contributed by atoms with Crippen LogP contribution in [0.4, 0.5) is 0 Å². The summed E-state index contributed by atoms with van der Waals surface area (Å²) in [5.74, 6) is 0.821. The second-order valence-electron chi connectivity index (χ2n) is 6.01. The molecule has 0 fully saturated rings. The predicted octanol–water partition coefficient (Wildman–Crippen LogP) is 5.72. The molecular weight excluding hydrogens is 386 g/mol. The summed E-state index contributed by atoms with van der Waals surface area (Å²) in [6, 6.07) is 28.6. The first-order valence-corrected chi connectivity index (χ1v) is 10.5. The Balaban J connectivity index is 1.93. The summed E-state index contributed by atoms with van der Waals surface area (Å²) in [4.78, 5) is 15.3. The summed E-state index contributed by atoms with van der Waals surface area (Å²) in [5.41, 5.74) is 0.499. The third-order valence-corrected chi connectivity index (χ3v) is 6.76. The largest absolute Gasteiger partial charge is 0.497 e. The number of ether oxygens (including phenoxy) is 1. The monoisotopic (exact) mass is 405 g/mol. The van der Waals surface area contributed by atoms with Crippen molar-refractivity contribution in [1.29, 1.82) is 5.26 Å². The molecule has 3 aromatic rings. The van der Waals surface area contributed by atoms with Crippen LogP contribution in [-0.2, 0) is 0 Å². The molecular formula is C23H19NO2S2. The fraction of sp³-hybridized carbons (Fsp3) is 0.130. The molecule has 0 N–H and O–H groups in total. The minimum Gasteiger partial charge on any atom is -0.497 e. The lowest BCUT2D eigenvalue weighted by Gasteiger charge is -2.24. The van der Waals surface area contributed by atoms with Crippen molar-refractivity contribution in [1.82, 2.24) is 0 Å². The van der Waals surface area contributed by atoms with Gasteiger partial charge in [0, 0.05) is 21.1 Å². The van der Waals surface area contributed by atoms with Gasteiger partial charge in [-0.25, -0.2) is 0 Å². The minimum atomic E-state index is -1.24. The molecule has 0 aromatic heterocycles. The van der Waals surface area contributed by atoms with Crippen LogP contribution in [0.15, 0.2) is 94.7 Å². The van der Waals surface area contributed by atoms with Crippen LogP contribution in [0, 0.1) is 11.3 Å². The molecule has 0 aliphatic heterocycles. The van der Waals surface area contributed by atoms with Crippen molar-refractivity contribution in [3.05, 3.63) is 90.5 Å². The van der Waals surface area contributed by atoms with E-state index in [-0.39, 0.29) is 5.78 Å². The van der Waals surface area contributed by atoms with Gasteiger partial charge in [0.1, 0.15) is 5.75 Å². The molecule has 0 heterocycles. The Kier molecular flexibility index (Phi) is 6.80. The molecule has 0 aliphatic rings. The molecule has 28 heavy (non-hydrogen) atoms. The SMILES string of the molecule is COc1ccc(C(=O)C(C#N)(CSc2ccccc2)Sc2ccccc2)cc1. The summed E-state index contributed by atoms with van der Waals surface area (Å²) >= 11 is 2.82. The zero-order valence-corrected chi connectivity index (χ0v) is 17.0. The molecule has 3 nitrogen and oxygen atoms in total. The Hall–Kier alpha value is -2.68. The lowest BCUT2D eigenvalue weighted by molar-refractivity contribution is 0.0973. The molecule has 0 saturated carbocycles. The number of nitriles is 1. The molecule has 1 unspecified atom stereocenters. The molecule has 1 atom stereocenters. The summed E-state index contributed by atoms with van der Waals surface area (Å²) in [6.45, 7) is 0. The number of carbonyl (C=O) groups excluding carboxylic acids is 1. The summed E-state index contributed by atoms with van der Waals surface area (Å²) in [5, 5.41) is 10.1. The van der Waals surface area contributed by atoms with Gasteiger partial charge in [0.25, 0.3) is 0 Å². The van der Waals surface area contributed by atoms with Crippen LogP contribution in [0.1, 0.15) is 10.4 Å². The summed E-state index contributed by atoms with van der Waals surface area (Å²) in [6.07, 6.45) is 0. The van der Waals surface area contributed by atoms with Crippen LogP contribution in [0.2, 0.25) is 0 Å². The van der Waals surface area contributed by atoms with Crippen molar-refractivity contribution in [2.45, 2.75) is 14.5 Å². The second kappa shape index (κ2) is 9.50. The lowest BCUT2D eigenvalue weighted by Crippen LogP contribution is -2.36. The van der Waals surface area contributed by atoms with Gasteiger partial charge in [0.15, 0.2) is 10.5 Å². The number of hydrogen-bond donors (Lipinski definition) is 0. The van der Waals surface area contributed by atoms with E-state index in [1.165, 1.54) is 23.5 Å². The van der Waals surface area contributed by atoms with E-state index in [4.69, 9.17) is 4.74 Å². The highest BCUT2D eigenvalue weighted by Gasteiger charge is 2.40. The lowest BCUT2D eigenvalue weighted by atomic mass is 9.99. The van der Waals surface area contributed by atoms with E-state index in [1.807, 2.05) is 60.7 Å². The highest BCUT2D eigenvalue weighted by Crippen LogP contribution is 2.39. The number of rotatable bonds is 8. The van der Waals surface area contributed by atoms with Gasteiger partial charge in [-0.3, -0.25) is 4.79 Å². The standard InChI is InChI=1S/C23H19NO2S2/c1-26-19-14-12-18(13-15-19)22(25)23(16-24,28-21-10-6-3-7-11-21)17-27-20-8-4-2-5-9-20/h2-15H,17H2,1H3. The molecule has 140 valence electrons. The average molecular weight is 406 g/mol. The number of ketones is 1. The van der Waals surface area contributed by atoms with E-state index in [1.54, 1.807) is 31.4 Å². The van der Waals surface area contributed by atoms with E-state index in [0.717, 1.165) is 9.79 Å². The maximum absolute atomic E-state index is 13.4. The Morgan fingerprint density at radius 1 is 0.929 bits per heavy atom. The van der Waals surface area contributed by atoms with E-state index in [0.29, 0.717) is 17.1 Å². The second-order valence-corrected chi connectivity index (χ2v) is 8.43. The van der Waals surface area contributed by atoms with Crippen LogP contribution in [-0.4, -0.2) is 23.4 Å². The molecule has 0 saturated heterocycles. The first kappa shape index (κ1) is 20.1. The van der Waals surface area contributed by atoms with Gasteiger partial charge < -0.3 is 4.74 Å². The van der Waals surface area contributed by atoms with Gasteiger partial charge in [-0.15, -0.1) is 11.8 Å². The van der Waals surface area contributed by atoms with Crippen molar-refractivity contribution in [2.24, 2.45) is 0 Å². The van der Waals surface area contributed by atoms with Gasteiger partial charge in [-0.2, -0.15) is 5.26 Å². The van der Waals surface area contributed by atoms with Crippen molar-refractivity contribution >= 4 is 29.3 Å². The van der Waals surface area contributed by atoms with Gasteiger partial charge in [0.05, 0.1) is 13.2 Å². The molecule has 0 aliphatic carbocycles. The Bertz CT molecular complexity index is 953. The number of carbonyl (C=O) groups is 1. The highest BCUT2D eigenvalue weighted by atomic mass is 32.2. The predicted molar refractivity (Wildman–Crippen MR) is 115 cm³/mol. The first-order valence-electron chi connectivity index (χ1n) is 8.69. The van der Waals surface area contributed by atoms with Crippen molar-refractivity contribution in [3.63, 3.8) is 0 Å². The van der Waals surface area contributed by atoms with Gasteiger partial charge >= 0.3 is 0 Å². The van der Waals surface area contributed by atoms with Crippen LogP contribution in [0.25, 0.3) is 0 Å². The maximum atomic E-state index is 13.4. The number of nitrogens with zero attached hydrogens (tertiary/aromatic N) is 1. The van der Waals surface area contributed by atoms with Gasteiger partial charge in [-0.1, -0.05) is 48.2 Å². The van der Waals surface area contributed by atoms with Gasteiger partial charge in [-0.05, 0) is 48.5 Å². The van der Waals surface area contributed by atoms with Crippen molar-refractivity contribution < 1.29 is 9.53 Å². The highest BCUT2D eigenvalue weighted by molar-refractivity contribution is 8.04. The number of methoxy groups -OCH3 is 1. The molecule has 0 bridgehead atoms. The Morgan fingerprint density at radius 3 is 2.04 bits per heavy atom. The number of Topliss-reactive ketones (excluding diaryl/α,β-unsaturated/α-hetero) is 1. The average Bonchev–Trinajstić information content (AvgIpc) is 2.77. The first-order chi connectivity index (χ1) is 13.7. The fourth-order valence-corrected chi connectivity index (χ4v) is 4.89. The number of hydrogen-bond acceptors (Lipinski definition) is 5. The number of thioether (sulfide) groups is 2. The third-order valence-electron chi connectivity index (χ3n) is 4.12. The van der Waals surface area contributed by atoms with E-state index in [9.17, 15) is 10.1 Å². The van der Waals surface area contributed by atoms with Gasteiger partial charge in [0.2, 0.25) is 0 Å². The fourth-order valence-electron chi connectivity index (χ4n) is 2.61. The van der Waals surface area contributed by atoms with Crippen LogP contribution in [0.3, 0.4) is 0 Å². The topological polar surface area (TPSA) is 50.1 Å². The molecule has 3 rings (SSSR count). The normalized spacial score (nSPS) is 12.6. The molecule has 0 radical (unpaired) electrons. The van der Waals surface area contributed by atoms with E-state index in [2.05, 4.69) is 6.07 Å². The Morgan fingerprint density at radius 2 is 1.50 bits per heavy atom. The van der Waals surface area contributed by atoms with E-state index >= 15 is 0 Å². The van der Waals surface area contributed by atoms with Crippen LogP contribution in [0.5, 0.6) is 5.75 Å². The summed E-state index contributed by atoms with van der Waals surface area (Å²) < 4.78 is 3.94. The smallest absolute Gasteiger partial charge is 0.194 e. The summed E-state index contributed by atoms with van der Waals surface area (Å²) in [7, 11) is 1.58. The van der Waals surface area contributed by atoms with Crippen LogP contribution >= 0.6 is 23.5 Å². The quantitative estimate of drug-likeness (QED) is 0.354. The van der Waals surface area contributed by atoms with E-state index < -0.39 is 4.75 Å². The van der Waals surface area contributed by atoms with Crippen LogP contribution < -0.4 is 4.74 Å². The zero-order chi connectivity index (χ0) is 19.8. The molecule has 5 heteroatoms. The molecule has 0 spiro atoms. The maximum Gasteiger partial charge on any atom is 0.194 e. The van der Waals surface area contributed by atoms with Crippen molar-refractivity contribution in [2.75, 3.05) is 12.9 Å².